The summed E-state index contributed by atoms with van der Waals surface area (Å²) in [5.74, 6) is -0.000877. The molecule has 0 bridgehead atoms. The standard InChI is InChI=1S/C12H14BrN3O3/c13-12-9(3-1-4-10(12)16(18)19)7-15-6-2-5-14-11(17)8-15/h1,3-4H,2,5-8H2,(H,14,17). The molecule has 0 aromatic heterocycles. The molecule has 0 saturated carbocycles. The Bertz CT molecular complexity index is 507. The number of hydrogen-bond donors (Lipinski definition) is 1. The van der Waals surface area contributed by atoms with Crippen LogP contribution in [-0.2, 0) is 11.3 Å². The molecule has 0 unspecified atom stereocenters. The molecule has 7 heteroatoms. The molecular weight excluding hydrogens is 314 g/mol. The maximum absolute atomic E-state index is 11.5. The van der Waals surface area contributed by atoms with Gasteiger partial charge in [0, 0.05) is 25.7 Å². The normalized spacial score (nSPS) is 16.8. The number of nitrogens with zero attached hydrogens (tertiary/aromatic N) is 2. The third kappa shape index (κ3) is 3.51. The van der Waals surface area contributed by atoms with Crippen LogP contribution in [0.3, 0.4) is 0 Å². The highest BCUT2D eigenvalue weighted by atomic mass is 79.9. The van der Waals surface area contributed by atoms with Crippen LogP contribution in [0.15, 0.2) is 22.7 Å². The van der Waals surface area contributed by atoms with E-state index in [1.54, 1.807) is 6.07 Å². The molecule has 0 aliphatic carbocycles. The van der Waals surface area contributed by atoms with E-state index in [1.807, 2.05) is 11.0 Å². The molecule has 1 heterocycles. The fraction of sp³-hybridized carbons (Fsp3) is 0.417. The number of halogens is 1. The summed E-state index contributed by atoms with van der Waals surface area (Å²) >= 11 is 3.27. The maximum Gasteiger partial charge on any atom is 0.283 e. The lowest BCUT2D eigenvalue weighted by atomic mass is 10.2. The van der Waals surface area contributed by atoms with Gasteiger partial charge < -0.3 is 5.32 Å². The van der Waals surface area contributed by atoms with Crippen molar-refractivity contribution in [3.63, 3.8) is 0 Å². The highest BCUT2D eigenvalue weighted by Crippen LogP contribution is 2.29. The monoisotopic (exact) mass is 327 g/mol. The van der Waals surface area contributed by atoms with E-state index in [4.69, 9.17) is 0 Å². The lowest BCUT2D eigenvalue weighted by Crippen LogP contribution is -2.32. The second kappa shape index (κ2) is 6.12. The lowest BCUT2D eigenvalue weighted by molar-refractivity contribution is -0.385. The Kier molecular flexibility index (Phi) is 4.49. The molecule has 1 aliphatic rings. The van der Waals surface area contributed by atoms with Crippen molar-refractivity contribution in [2.45, 2.75) is 13.0 Å². The first-order valence-corrected chi connectivity index (χ1v) is 6.78. The predicted molar refractivity (Wildman–Crippen MR) is 73.7 cm³/mol. The molecule has 1 aliphatic heterocycles. The van der Waals surface area contributed by atoms with E-state index >= 15 is 0 Å². The molecule has 1 aromatic carbocycles. The van der Waals surface area contributed by atoms with Crippen LogP contribution in [-0.4, -0.2) is 35.4 Å². The fourth-order valence-electron chi connectivity index (χ4n) is 2.07. The Morgan fingerprint density at radius 2 is 2.26 bits per heavy atom. The first-order chi connectivity index (χ1) is 9.08. The Labute approximate surface area is 119 Å². The second-order valence-electron chi connectivity index (χ2n) is 4.42. The van der Waals surface area contributed by atoms with E-state index in [9.17, 15) is 14.9 Å². The first kappa shape index (κ1) is 14.0. The zero-order valence-corrected chi connectivity index (χ0v) is 11.9. The first-order valence-electron chi connectivity index (χ1n) is 5.99. The number of rotatable bonds is 3. The summed E-state index contributed by atoms with van der Waals surface area (Å²) < 4.78 is 0.490. The molecule has 19 heavy (non-hydrogen) atoms. The van der Waals surface area contributed by atoms with E-state index in [1.165, 1.54) is 6.07 Å². The average Bonchev–Trinajstić information content (AvgIpc) is 2.56. The van der Waals surface area contributed by atoms with Gasteiger partial charge in [0.15, 0.2) is 0 Å². The largest absolute Gasteiger partial charge is 0.355 e. The molecule has 1 aromatic rings. The van der Waals surface area contributed by atoms with Crippen molar-refractivity contribution >= 4 is 27.5 Å². The number of carbonyl (C=O) groups excluding carboxylic acids is 1. The van der Waals surface area contributed by atoms with E-state index < -0.39 is 4.92 Å². The van der Waals surface area contributed by atoms with Crippen molar-refractivity contribution in [2.24, 2.45) is 0 Å². The molecule has 6 nitrogen and oxygen atoms in total. The lowest BCUT2D eigenvalue weighted by Gasteiger charge is -2.19. The summed E-state index contributed by atoms with van der Waals surface area (Å²) in [6.45, 7) is 2.34. The summed E-state index contributed by atoms with van der Waals surface area (Å²) in [4.78, 5) is 23.9. The number of nitro groups is 1. The number of carbonyl (C=O) groups is 1. The Balaban J connectivity index is 2.16. The van der Waals surface area contributed by atoms with Crippen molar-refractivity contribution in [3.8, 4) is 0 Å². The molecular formula is C12H14BrN3O3. The molecule has 0 spiro atoms. The van der Waals surface area contributed by atoms with Crippen LogP contribution in [0.1, 0.15) is 12.0 Å². The number of nitro benzene ring substituents is 1. The van der Waals surface area contributed by atoms with Gasteiger partial charge in [-0.15, -0.1) is 0 Å². The SMILES string of the molecule is O=C1CN(Cc2cccc([N+](=O)[O-])c2Br)CCCN1. The molecule has 0 atom stereocenters. The van der Waals surface area contributed by atoms with Crippen LogP contribution in [0.2, 0.25) is 0 Å². The van der Waals surface area contributed by atoms with Crippen LogP contribution >= 0.6 is 15.9 Å². The van der Waals surface area contributed by atoms with Gasteiger partial charge in [-0.1, -0.05) is 12.1 Å². The van der Waals surface area contributed by atoms with Crippen molar-refractivity contribution in [1.82, 2.24) is 10.2 Å². The maximum atomic E-state index is 11.5. The van der Waals surface area contributed by atoms with Gasteiger partial charge in [0.2, 0.25) is 5.91 Å². The zero-order valence-electron chi connectivity index (χ0n) is 10.3. The topological polar surface area (TPSA) is 75.5 Å². The molecule has 1 amide bonds. The average molecular weight is 328 g/mol. The van der Waals surface area contributed by atoms with Gasteiger partial charge in [-0.3, -0.25) is 19.8 Å². The van der Waals surface area contributed by atoms with E-state index in [0.717, 1.165) is 18.5 Å². The summed E-state index contributed by atoms with van der Waals surface area (Å²) in [6, 6.07) is 4.96. The zero-order chi connectivity index (χ0) is 13.8. The second-order valence-corrected chi connectivity index (χ2v) is 5.21. The number of amides is 1. The number of benzene rings is 1. The van der Waals surface area contributed by atoms with Crippen molar-refractivity contribution in [1.29, 1.82) is 0 Å². The van der Waals surface area contributed by atoms with Crippen LogP contribution in [0.25, 0.3) is 0 Å². The van der Waals surface area contributed by atoms with Crippen molar-refractivity contribution in [2.75, 3.05) is 19.6 Å². The quantitative estimate of drug-likeness (QED) is 0.677. The van der Waals surface area contributed by atoms with Gasteiger partial charge >= 0.3 is 0 Å². The Morgan fingerprint density at radius 1 is 1.47 bits per heavy atom. The third-order valence-corrected chi connectivity index (χ3v) is 3.90. The molecule has 0 radical (unpaired) electrons. The predicted octanol–water partition coefficient (Wildman–Crippen LogP) is 1.68. The van der Waals surface area contributed by atoms with Gasteiger partial charge in [-0.2, -0.15) is 0 Å². The minimum atomic E-state index is -0.414. The van der Waals surface area contributed by atoms with Crippen LogP contribution in [0, 0.1) is 10.1 Å². The fourth-order valence-corrected chi connectivity index (χ4v) is 2.61. The van der Waals surface area contributed by atoms with E-state index in [0.29, 0.717) is 24.1 Å². The smallest absolute Gasteiger partial charge is 0.283 e. The van der Waals surface area contributed by atoms with Crippen LogP contribution < -0.4 is 5.32 Å². The van der Waals surface area contributed by atoms with Crippen LogP contribution in [0.5, 0.6) is 0 Å². The van der Waals surface area contributed by atoms with Gasteiger partial charge in [-0.25, -0.2) is 0 Å². The summed E-state index contributed by atoms with van der Waals surface area (Å²) in [7, 11) is 0. The molecule has 102 valence electrons. The Hall–Kier alpha value is -1.47. The summed E-state index contributed by atoms with van der Waals surface area (Å²) in [5.41, 5.74) is 0.876. The van der Waals surface area contributed by atoms with E-state index in [2.05, 4.69) is 21.2 Å². The third-order valence-electron chi connectivity index (χ3n) is 2.99. The van der Waals surface area contributed by atoms with Crippen molar-refractivity contribution < 1.29 is 9.72 Å². The number of hydrogen-bond acceptors (Lipinski definition) is 4. The van der Waals surface area contributed by atoms with Gasteiger partial charge in [0.1, 0.15) is 0 Å². The summed E-state index contributed by atoms with van der Waals surface area (Å²) in [5, 5.41) is 13.7. The molecule has 1 fully saturated rings. The van der Waals surface area contributed by atoms with Crippen molar-refractivity contribution in [3.05, 3.63) is 38.3 Å². The van der Waals surface area contributed by atoms with Gasteiger partial charge in [0.05, 0.1) is 15.9 Å². The van der Waals surface area contributed by atoms with Gasteiger partial charge in [0.25, 0.3) is 5.69 Å². The van der Waals surface area contributed by atoms with Crippen LogP contribution in [0.4, 0.5) is 5.69 Å². The number of nitrogens with one attached hydrogen (secondary N) is 1. The van der Waals surface area contributed by atoms with E-state index in [-0.39, 0.29) is 11.6 Å². The Morgan fingerprint density at radius 3 is 3.00 bits per heavy atom. The molecule has 1 N–H and O–H groups in total. The minimum Gasteiger partial charge on any atom is -0.355 e. The molecule has 1 saturated heterocycles. The minimum absolute atomic E-state index is 0.000877. The highest BCUT2D eigenvalue weighted by molar-refractivity contribution is 9.10. The van der Waals surface area contributed by atoms with Gasteiger partial charge in [-0.05, 0) is 27.9 Å². The summed E-state index contributed by atoms with van der Waals surface area (Å²) in [6.07, 6.45) is 0.887. The molecule has 2 rings (SSSR count). The highest BCUT2D eigenvalue weighted by Gasteiger charge is 2.19.